The summed E-state index contributed by atoms with van der Waals surface area (Å²) in [6.45, 7) is 3.08. The first kappa shape index (κ1) is 40.1. The molecule has 58 heavy (non-hydrogen) atoms. The van der Waals surface area contributed by atoms with Crippen LogP contribution in [0.15, 0.2) is 78.1 Å². The Morgan fingerprint density at radius 3 is 2.00 bits per heavy atom. The van der Waals surface area contributed by atoms with E-state index < -0.39 is 29.0 Å². The highest BCUT2D eigenvalue weighted by atomic mass is 35.5. The first-order valence-corrected chi connectivity index (χ1v) is 20.1. The number of aromatic nitrogens is 3. The molecule has 17 heteroatoms. The van der Waals surface area contributed by atoms with Crippen LogP contribution in [0.5, 0.6) is 5.75 Å². The van der Waals surface area contributed by atoms with Crippen molar-refractivity contribution in [2.45, 2.75) is 36.2 Å². The van der Waals surface area contributed by atoms with Gasteiger partial charge in [-0.3, -0.25) is 24.0 Å². The minimum Gasteiger partial charge on any atom is -0.488 e. The third-order valence-electron chi connectivity index (χ3n) is 10.4. The third-order valence-corrected chi connectivity index (χ3v) is 12.1. The van der Waals surface area contributed by atoms with E-state index in [1.54, 1.807) is 71.3 Å². The first-order valence-electron chi connectivity index (χ1n) is 18.6. The molecule has 2 aliphatic rings. The first-order chi connectivity index (χ1) is 27.7. The minimum atomic E-state index is -0.925. The lowest BCUT2D eigenvalue weighted by Gasteiger charge is -2.27. The van der Waals surface area contributed by atoms with E-state index in [-0.39, 0.29) is 41.9 Å². The Morgan fingerprint density at radius 1 is 0.862 bits per heavy atom. The number of nitrogens with one attached hydrogen (secondary N) is 5. The van der Waals surface area contributed by atoms with Crippen LogP contribution in [0.4, 0.5) is 22.7 Å². The van der Waals surface area contributed by atoms with Crippen LogP contribution >= 0.6 is 23.4 Å². The van der Waals surface area contributed by atoms with Crippen molar-refractivity contribution in [2.75, 3.05) is 46.0 Å². The average molecular weight is 826 g/mol. The lowest BCUT2D eigenvalue weighted by molar-refractivity contribution is -0.120. The maximum atomic E-state index is 14.3. The monoisotopic (exact) mass is 825 g/mol. The standard InChI is InChI=1S/C41H44ClN9O6S/c1-41(22-58-36-32(57-21-23-8-6-5-7-9-23)15-28-34(35(36)41)24(16-42)17-45-28)40(56)48-27-14-31(51(4)20-27)39(55)47-26-13-30(50(3)19-26)38(54)46-25-12-29(49(2)18-25)37(53)44-11-10-33(43)52/h5-9,12-15,18-20,24,45H,10-11,16-17,21-22H2,1-4H3,(H2,43,52)(H,44,53)(H,46,54)(H,47,55)(H,48,56). The third kappa shape index (κ3) is 8.02. The van der Waals surface area contributed by atoms with E-state index in [1.165, 1.54) is 12.1 Å². The molecule has 2 aliphatic heterocycles. The van der Waals surface area contributed by atoms with Gasteiger partial charge in [-0.15, -0.1) is 23.4 Å². The van der Waals surface area contributed by atoms with Crippen LogP contribution in [0.1, 0.15) is 67.4 Å². The molecule has 5 amide bonds. The van der Waals surface area contributed by atoms with Crippen LogP contribution < -0.4 is 37.1 Å². The van der Waals surface area contributed by atoms with Crippen molar-refractivity contribution < 1.29 is 28.7 Å². The Balaban J connectivity index is 1.03. The van der Waals surface area contributed by atoms with Gasteiger partial charge < -0.3 is 50.8 Å². The number of primary amides is 1. The fourth-order valence-electron chi connectivity index (χ4n) is 7.32. The molecule has 15 nitrogen and oxygen atoms in total. The molecule has 302 valence electrons. The van der Waals surface area contributed by atoms with Gasteiger partial charge in [0.05, 0.1) is 27.4 Å². The molecule has 0 saturated carbocycles. The summed E-state index contributed by atoms with van der Waals surface area (Å²) in [4.78, 5) is 65.6. The highest BCUT2D eigenvalue weighted by Crippen LogP contribution is 2.55. The van der Waals surface area contributed by atoms with Crippen molar-refractivity contribution in [2.24, 2.45) is 26.9 Å². The van der Waals surface area contributed by atoms with Crippen LogP contribution in [0, 0.1) is 0 Å². The summed E-state index contributed by atoms with van der Waals surface area (Å²) in [6, 6.07) is 16.6. The summed E-state index contributed by atoms with van der Waals surface area (Å²) in [5.74, 6) is -0.440. The summed E-state index contributed by atoms with van der Waals surface area (Å²) in [7, 11) is 5.03. The van der Waals surface area contributed by atoms with Gasteiger partial charge in [-0.2, -0.15) is 0 Å². The fourth-order valence-corrected chi connectivity index (χ4v) is 9.03. The molecule has 2 atom stereocenters. The van der Waals surface area contributed by atoms with E-state index in [1.807, 2.05) is 43.3 Å². The zero-order valence-corrected chi connectivity index (χ0v) is 34.0. The maximum Gasteiger partial charge on any atom is 0.272 e. The van der Waals surface area contributed by atoms with E-state index >= 15 is 0 Å². The van der Waals surface area contributed by atoms with Crippen molar-refractivity contribution in [3.8, 4) is 5.75 Å². The molecule has 0 saturated heterocycles. The number of ether oxygens (including phenoxy) is 1. The van der Waals surface area contributed by atoms with Gasteiger partial charge in [-0.1, -0.05) is 30.3 Å². The number of nitrogens with zero attached hydrogens (tertiary/aromatic N) is 3. The number of aryl methyl sites for hydroxylation is 3. The number of alkyl halides is 1. The SMILES string of the molecule is Cn1cc(NC(=O)c2cc(NC(=O)c3cc(NC(=O)C4(C)CSc5c(OCc6ccccc6)cc6c(c54)C(CCl)CN6)cn3C)cn2C)cc1C(=O)NCCC(N)=O. The Hall–Kier alpha value is -6.13. The van der Waals surface area contributed by atoms with Gasteiger partial charge >= 0.3 is 0 Å². The lowest BCUT2D eigenvalue weighted by atomic mass is 9.78. The molecule has 7 rings (SSSR count). The number of carbonyl (C=O) groups excluding carboxylic acids is 5. The van der Waals surface area contributed by atoms with Gasteiger partial charge in [0.1, 0.15) is 29.4 Å². The number of thioether (sulfide) groups is 1. The van der Waals surface area contributed by atoms with Crippen LogP contribution in [-0.2, 0) is 42.8 Å². The number of halogens is 1. The van der Waals surface area contributed by atoms with Crippen LogP contribution in [0.25, 0.3) is 0 Å². The van der Waals surface area contributed by atoms with Crippen LogP contribution in [-0.4, -0.2) is 68.0 Å². The Bertz CT molecular complexity index is 2440. The van der Waals surface area contributed by atoms with Crippen molar-refractivity contribution >= 4 is 75.6 Å². The smallest absolute Gasteiger partial charge is 0.272 e. The molecule has 2 unspecified atom stereocenters. The molecule has 3 aromatic heterocycles. The molecule has 0 spiro atoms. The van der Waals surface area contributed by atoms with Gasteiger partial charge in [0.25, 0.3) is 17.7 Å². The second-order valence-corrected chi connectivity index (χ2v) is 16.0. The van der Waals surface area contributed by atoms with Gasteiger partial charge in [0.15, 0.2) is 0 Å². The number of fused-ring (bicyclic) bond motifs is 3. The van der Waals surface area contributed by atoms with Crippen molar-refractivity contribution in [3.05, 3.63) is 107 Å². The van der Waals surface area contributed by atoms with Gasteiger partial charge in [-0.25, -0.2) is 0 Å². The molecular weight excluding hydrogens is 782 g/mol. The van der Waals surface area contributed by atoms with Gasteiger partial charge in [0.2, 0.25) is 11.8 Å². The van der Waals surface area contributed by atoms with E-state index in [2.05, 4.69) is 26.6 Å². The number of anilines is 4. The predicted molar refractivity (Wildman–Crippen MR) is 224 cm³/mol. The topological polar surface area (TPSA) is 196 Å². The van der Waals surface area contributed by atoms with Crippen molar-refractivity contribution in [1.82, 2.24) is 19.0 Å². The Labute approximate surface area is 344 Å². The molecular formula is C41H44ClN9O6S. The lowest BCUT2D eigenvalue weighted by Crippen LogP contribution is -2.38. The molecule has 0 radical (unpaired) electrons. The number of benzene rings is 2. The number of carbonyl (C=O) groups is 5. The molecule has 2 aromatic carbocycles. The molecule has 5 aromatic rings. The van der Waals surface area contributed by atoms with Gasteiger partial charge in [0, 0.05) is 88.5 Å². The Kier molecular flexibility index (Phi) is 11.3. The molecule has 0 aliphatic carbocycles. The van der Waals surface area contributed by atoms with Crippen molar-refractivity contribution in [3.63, 3.8) is 0 Å². The highest BCUT2D eigenvalue weighted by molar-refractivity contribution is 7.99. The summed E-state index contributed by atoms with van der Waals surface area (Å²) < 4.78 is 11.1. The van der Waals surface area contributed by atoms with Crippen molar-refractivity contribution in [1.29, 1.82) is 0 Å². The number of hydrogen-bond donors (Lipinski definition) is 6. The number of rotatable bonds is 14. The zero-order valence-electron chi connectivity index (χ0n) is 32.4. The van der Waals surface area contributed by atoms with E-state index in [4.69, 9.17) is 22.1 Å². The second-order valence-electron chi connectivity index (χ2n) is 14.7. The fraction of sp³-hybridized carbons (Fsp3) is 0.293. The Morgan fingerprint density at radius 2 is 1.43 bits per heavy atom. The summed E-state index contributed by atoms with van der Waals surface area (Å²) in [5, 5.41) is 14.8. The summed E-state index contributed by atoms with van der Waals surface area (Å²) in [6.07, 6.45) is 4.88. The van der Waals surface area contributed by atoms with Gasteiger partial charge in [-0.05, 0) is 41.8 Å². The quantitative estimate of drug-likeness (QED) is 0.0829. The average Bonchev–Trinajstić information content (AvgIpc) is 4.01. The normalized spacial score (nSPS) is 16.5. The molecule has 0 bridgehead atoms. The predicted octanol–water partition coefficient (Wildman–Crippen LogP) is 5.14. The molecule has 7 N–H and O–H groups in total. The minimum absolute atomic E-state index is 0.00543. The zero-order chi connectivity index (χ0) is 41.3. The number of nitrogens with two attached hydrogens (primary N) is 1. The maximum absolute atomic E-state index is 14.3. The molecule has 5 heterocycles. The highest BCUT2D eigenvalue weighted by Gasteiger charge is 2.48. The summed E-state index contributed by atoms with van der Waals surface area (Å²) >= 11 is 8.05. The van der Waals surface area contributed by atoms with E-state index in [9.17, 15) is 24.0 Å². The van der Waals surface area contributed by atoms with E-state index in [0.29, 0.717) is 41.8 Å². The van der Waals surface area contributed by atoms with E-state index in [0.717, 1.165) is 33.0 Å². The number of hydrogen-bond acceptors (Lipinski definition) is 8. The largest absolute Gasteiger partial charge is 0.488 e. The molecule has 0 fully saturated rings. The van der Waals surface area contributed by atoms with Crippen LogP contribution in [0.2, 0.25) is 0 Å². The number of amides is 5. The summed E-state index contributed by atoms with van der Waals surface area (Å²) in [5.41, 5.74) is 10.1. The van der Waals surface area contributed by atoms with Crippen LogP contribution in [0.3, 0.4) is 0 Å². The second kappa shape index (κ2) is 16.4.